The molecule has 70 valence electrons. The molecule has 1 aromatic heterocycles. The van der Waals surface area contributed by atoms with E-state index >= 15 is 0 Å². The second-order valence-corrected chi connectivity index (χ2v) is 4.11. The van der Waals surface area contributed by atoms with E-state index in [1.54, 1.807) is 0 Å². The molecule has 0 saturated heterocycles. The van der Waals surface area contributed by atoms with Crippen LogP contribution in [-0.4, -0.2) is 16.3 Å². The molecule has 1 aliphatic carbocycles. The molecule has 0 spiro atoms. The first-order valence-corrected chi connectivity index (χ1v) is 5.14. The quantitative estimate of drug-likeness (QED) is 0.698. The van der Waals surface area contributed by atoms with Gasteiger partial charge in [-0.3, -0.25) is 4.68 Å². The Bertz CT molecular complexity index is 336. The van der Waals surface area contributed by atoms with E-state index in [2.05, 4.69) is 22.0 Å². The van der Waals surface area contributed by atoms with Crippen LogP contribution in [0, 0.1) is 6.92 Å². The monoisotopic (exact) mass is 177 g/mol. The standard InChI is InChI=1S/C10H15N3/c1-7-9-4-5-11-6-10(9)13(12-7)8-2-3-8/h8,11H,2-6H2,1H3. The third kappa shape index (κ3) is 1.10. The van der Waals surface area contributed by atoms with Gasteiger partial charge < -0.3 is 5.32 Å². The number of fused-ring (bicyclic) bond motifs is 1. The predicted molar refractivity (Wildman–Crippen MR) is 50.6 cm³/mol. The molecule has 0 radical (unpaired) electrons. The normalized spacial score (nSPS) is 21.6. The van der Waals surface area contributed by atoms with Gasteiger partial charge in [-0.2, -0.15) is 5.10 Å². The van der Waals surface area contributed by atoms with Crippen molar-refractivity contribution in [2.45, 2.75) is 38.8 Å². The third-order valence-electron chi connectivity index (χ3n) is 3.06. The van der Waals surface area contributed by atoms with E-state index in [-0.39, 0.29) is 0 Å². The maximum Gasteiger partial charge on any atom is 0.0629 e. The first-order chi connectivity index (χ1) is 6.36. The topological polar surface area (TPSA) is 29.9 Å². The largest absolute Gasteiger partial charge is 0.311 e. The smallest absolute Gasteiger partial charge is 0.0629 e. The molecule has 3 rings (SSSR count). The summed E-state index contributed by atoms with van der Waals surface area (Å²) in [5.74, 6) is 0. The van der Waals surface area contributed by atoms with Gasteiger partial charge in [0.1, 0.15) is 0 Å². The summed E-state index contributed by atoms with van der Waals surface area (Å²) in [6.45, 7) is 4.28. The molecule has 1 saturated carbocycles. The van der Waals surface area contributed by atoms with Gasteiger partial charge in [0.25, 0.3) is 0 Å². The molecule has 1 fully saturated rings. The van der Waals surface area contributed by atoms with E-state index in [9.17, 15) is 0 Å². The van der Waals surface area contributed by atoms with E-state index in [1.807, 2.05) is 0 Å². The van der Waals surface area contributed by atoms with Crippen molar-refractivity contribution in [2.75, 3.05) is 6.54 Å². The Morgan fingerprint density at radius 1 is 1.46 bits per heavy atom. The van der Waals surface area contributed by atoms with Crippen LogP contribution in [0.1, 0.15) is 35.8 Å². The molecule has 2 heterocycles. The van der Waals surface area contributed by atoms with E-state index in [1.165, 1.54) is 29.8 Å². The highest BCUT2D eigenvalue weighted by Crippen LogP contribution is 2.37. The molecule has 0 aromatic carbocycles. The van der Waals surface area contributed by atoms with Gasteiger partial charge in [0.15, 0.2) is 0 Å². The Labute approximate surface area is 78.1 Å². The zero-order valence-electron chi connectivity index (χ0n) is 8.01. The molecular formula is C10H15N3. The summed E-state index contributed by atoms with van der Waals surface area (Å²) in [7, 11) is 0. The summed E-state index contributed by atoms with van der Waals surface area (Å²) in [6, 6.07) is 0.724. The van der Waals surface area contributed by atoms with Gasteiger partial charge in [0.2, 0.25) is 0 Å². The van der Waals surface area contributed by atoms with Gasteiger partial charge in [0, 0.05) is 6.54 Å². The first-order valence-electron chi connectivity index (χ1n) is 5.14. The molecule has 0 atom stereocenters. The summed E-state index contributed by atoms with van der Waals surface area (Å²) >= 11 is 0. The van der Waals surface area contributed by atoms with Crippen molar-refractivity contribution in [3.05, 3.63) is 17.0 Å². The van der Waals surface area contributed by atoms with Gasteiger partial charge in [-0.15, -0.1) is 0 Å². The summed E-state index contributed by atoms with van der Waals surface area (Å²) in [6.07, 6.45) is 3.81. The highest BCUT2D eigenvalue weighted by Gasteiger charge is 2.29. The highest BCUT2D eigenvalue weighted by molar-refractivity contribution is 5.28. The van der Waals surface area contributed by atoms with Gasteiger partial charge in [-0.25, -0.2) is 0 Å². The van der Waals surface area contributed by atoms with Crippen molar-refractivity contribution in [3.63, 3.8) is 0 Å². The van der Waals surface area contributed by atoms with Gasteiger partial charge in [0.05, 0.1) is 17.4 Å². The summed E-state index contributed by atoms with van der Waals surface area (Å²) in [5.41, 5.74) is 4.21. The SMILES string of the molecule is Cc1nn(C2CC2)c2c1CCNC2. The number of aromatic nitrogens is 2. The van der Waals surface area contributed by atoms with Crippen LogP contribution in [0.25, 0.3) is 0 Å². The molecule has 0 amide bonds. The lowest BCUT2D eigenvalue weighted by molar-refractivity contribution is 0.550. The Morgan fingerprint density at radius 3 is 3.08 bits per heavy atom. The predicted octanol–water partition coefficient (Wildman–Crippen LogP) is 1.17. The number of nitrogens with zero attached hydrogens (tertiary/aromatic N) is 2. The van der Waals surface area contributed by atoms with E-state index in [0.717, 1.165) is 25.6 Å². The van der Waals surface area contributed by atoms with Gasteiger partial charge >= 0.3 is 0 Å². The third-order valence-corrected chi connectivity index (χ3v) is 3.06. The Kier molecular flexibility index (Phi) is 1.50. The first kappa shape index (κ1) is 7.56. The molecule has 0 bridgehead atoms. The minimum atomic E-state index is 0.724. The molecule has 1 aromatic rings. The van der Waals surface area contributed by atoms with Crippen LogP contribution < -0.4 is 5.32 Å². The molecular weight excluding hydrogens is 162 g/mol. The molecule has 0 unspecified atom stereocenters. The number of hydrogen-bond donors (Lipinski definition) is 1. The Hall–Kier alpha value is -0.830. The summed E-state index contributed by atoms with van der Waals surface area (Å²) in [4.78, 5) is 0. The van der Waals surface area contributed by atoms with Crippen molar-refractivity contribution in [2.24, 2.45) is 0 Å². The van der Waals surface area contributed by atoms with Gasteiger partial charge in [-0.1, -0.05) is 0 Å². The lowest BCUT2D eigenvalue weighted by atomic mass is 10.1. The van der Waals surface area contributed by atoms with Crippen LogP contribution in [0.5, 0.6) is 0 Å². The zero-order chi connectivity index (χ0) is 8.84. The average molecular weight is 177 g/mol. The summed E-state index contributed by atoms with van der Waals surface area (Å²) in [5, 5.41) is 8.05. The summed E-state index contributed by atoms with van der Waals surface area (Å²) < 4.78 is 2.26. The van der Waals surface area contributed by atoms with Crippen LogP contribution in [0.3, 0.4) is 0 Å². The maximum atomic E-state index is 4.63. The molecule has 1 aliphatic heterocycles. The average Bonchev–Trinajstić information content (AvgIpc) is 2.94. The Balaban J connectivity index is 2.09. The lowest BCUT2D eigenvalue weighted by Crippen LogP contribution is -2.25. The van der Waals surface area contributed by atoms with E-state index < -0.39 is 0 Å². The molecule has 1 N–H and O–H groups in total. The minimum absolute atomic E-state index is 0.724. The van der Waals surface area contributed by atoms with Crippen LogP contribution in [0.4, 0.5) is 0 Å². The van der Waals surface area contributed by atoms with Crippen molar-refractivity contribution in [1.29, 1.82) is 0 Å². The number of hydrogen-bond acceptors (Lipinski definition) is 2. The molecule has 13 heavy (non-hydrogen) atoms. The van der Waals surface area contributed by atoms with E-state index in [0.29, 0.717) is 0 Å². The van der Waals surface area contributed by atoms with Gasteiger partial charge in [-0.05, 0) is 38.3 Å². The highest BCUT2D eigenvalue weighted by atomic mass is 15.3. The van der Waals surface area contributed by atoms with Crippen molar-refractivity contribution in [1.82, 2.24) is 15.1 Å². The zero-order valence-corrected chi connectivity index (χ0v) is 8.01. The molecule has 3 nitrogen and oxygen atoms in total. The van der Waals surface area contributed by atoms with Crippen molar-refractivity contribution in [3.8, 4) is 0 Å². The number of nitrogens with one attached hydrogen (secondary N) is 1. The fourth-order valence-corrected chi connectivity index (χ4v) is 2.18. The van der Waals surface area contributed by atoms with Crippen molar-refractivity contribution >= 4 is 0 Å². The lowest BCUT2D eigenvalue weighted by Gasteiger charge is -2.15. The second-order valence-electron chi connectivity index (χ2n) is 4.11. The van der Waals surface area contributed by atoms with E-state index in [4.69, 9.17) is 0 Å². The van der Waals surface area contributed by atoms with Crippen molar-refractivity contribution < 1.29 is 0 Å². The fraction of sp³-hybridized carbons (Fsp3) is 0.700. The van der Waals surface area contributed by atoms with Crippen LogP contribution in [-0.2, 0) is 13.0 Å². The Morgan fingerprint density at radius 2 is 2.31 bits per heavy atom. The maximum absolute atomic E-state index is 4.63. The van der Waals surface area contributed by atoms with Crippen LogP contribution in [0.15, 0.2) is 0 Å². The van der Waals surface area contributed by atoms with Crippen LogP contribution >= 0.6 is 0 Å². The minimum Gasteiger partial charge on any atom is -0.311 e. The molecule has 3 heteroatoms. The number of aryl methyl sites for hydroxylation is 1. The van der Waals surface area contributed by atoms with Crippen LogP contribution in [0.2, 0.25) is 0 Å². The second kappa shape index (κ2) is 2.58. The molecule has 2 aliphatic rings. The fourth-order valence-electron chi connectivity index (χ4n) is 2.18. The number of rotatable bonds is 1.